The quantitative estimate of drug-likeness (QED) is 0.444. The highest BCUT2D eigenvalue weighted by atomic mass is 16.6. The summed E-state index contributed by atoms with van der Waals surface area (Å²) in [5.41, 5.74) is 0.339. The predicted molar refractivity (Wildman–Crippen MR) is 54.7 cm³/mol. The van der Waals surface area contributed by atoms with E-state index >= 15 is 0 Å². The number of pyridine rings is 1. The van der Waals surface area contributed by atoms with Crippen LogP contribution in [0.25, 0.3) is 0 Å². The minimum absolute atomic E-state index is 0.113. The molecule has 0 amide bonds. The van der Waals surface area contributed by atoms with Crippen LogP contribution < -0.4 is 5.06 Å². The molecular weight excluding hydrogens is 198 g/mol. The second kappa shape index (κ2) is 4.63. The highest BCUT2D eigenvalue weighted by Crippen LogP contribution is 2.14. The molecule has 0 fully saturated rings. The summed E-state index contributed by atoms with van der Waals surface area (Å²) in [6.07, 6.45) is 1.44. The van der Waals surface area contributed by atoms with Crippen molar-refractivity contribution in [2.75, 3.05) is 6.54 Å². The molecule has 1 N–H and O–H groups in total. The highest BCUT2D eigenvalue weighted by Gasteiger charge is 2.13. The van der Waals surface area contributed by atoms with Crippen molar-refractivity contribution in [1.29, 1.82) is 0 Å². The molecule has 0 saturated carbocycles. The van der Waals surface area contributed by atoms with Gasteiger partial charge in [0.15, 0.2) is 0 Å². The lowest BCUT2D eigenvalue weighted by Crippen LogP contribution is -3.02. The van der Waals surface area contributed by atoms with Gasteiger partial charge in [0.1, 0.15) is 6.54 Å². The molecule has 6 nitrogen and oxygen atoms in total. The second-order valence-electron chi connectivity index (χ2n) is 3.03. The smallest absolute Gasteiger partial charge is 0.278 e. The van der Waals surface area contributed by atoms with Gasteiger partial charge in [0.2, 0.25) is 5.82 Å². The van der Waals surface area contributed by atoms with E-state index in [1.165, 1.54) is 18.2 Å². The van der Waals surface area contributed by atoms with Crippen molar-refractivity contribution < 1.29 is 9.99 Å². The predicted octanol–water partition coefficient (Wildman–Crippen LogP) is 0.498. The summed E-state index contributed by atoms with van der Waals surface area (Å²) >= 11 is 0. The zero-order chi connectivity index (χ0) is 11.4. The Kier molecular flexibility index (Phi) is 3.48. The zero-order valence-corrected chi connectivity index (χ0v) is 8.27. The van der Waals surface area contributed by atoms with Crippen LogP contribution in [0.15, 0.2) is 24.8 Å². The zero-order valence-electron chi connectivity index (χ0n) is 8.27. The summed E-state index contributed by atoms with van der Waals surface area (Å²) in [6, 6.07) is 2.50. The Morgan fingerprint density at radius 3 is 2.87 bits per heavy atom. The number of nitrogens with one attached hydrogen (secondary N) is 1. The molecule has 1 aromatic heterocycles. The van der Waals surface area contributed by atoms with Crippen molar-refractivity contribution in [1.82, 2.24) is 4.98 Å². The Hall–Kier alpha value is -1.79. The van der Waals surface area contributed by atoms with E-state index in [-0.39, 0.29) is 23.1 Å². The summed E-state index contributed by atoms with van der Waals surface area (Å²) in [7, 11) is 0. The minimum Gasteiger partial charge on any atom is -0.627 e. The molecule has 0 aliphatic carbocycles. The van der Waals surface area contributed by atoms with Gasteiger partial charge < -0.3 is 10.3 Å². The van der Waals surface area contributed by atoms with Crippen molar-refractivity contribution >= 4 is 11.5 Å². The van der Waals surface area contributed by atoms with Crippen LogP contribution in [0.1, 0.15) is 5.69 Å². The molecule has 15 heavy (non-hydrogen) atoms. The number of nitrogens with zero attached hydrogens (tertiary/aromatic N) is 2. The molecule has 1 atom stereocenters. The molecule has 0 aliphatic rings. The fraction of sp³-hybridized carbons (Fsp3) is 0.222. The fourth-order valence-electron chi connectivity index (χ4n) is 1.13. The molecular formula is C9H11N3O3. The van der Waals surface area contributed by atoms with Crippen molar-refractivity contribution in [3.05, 3.63) is 45.8 Å². The molecule has 6 heteroatoms. The Bertz CT molecular complexity index is 392. The van der Waals surface area contributed by atoms with Crippen LogP contribution in [0.5, 0.6) is 0 Å². The summed E-state index contributed by atoms with van der Waals surface area (Å²) in [5, 5.41) is 21.7. The standard InChI is InChI=1S/C9H11N3O3/c1-3-4-11(13)9-6-8(12(14)15)5-7(2)10-9/h3,5-6,11H,1,4H2,2H3. The maximum atomic E-state index is 11.4. The first-order valence-electron chi connectivity index (χ1n) is 4.31. The van der Waals surface area contributed by atoms with Crippen LogP contribution in [0, 0.1) is 22.2 Å². The third-order valence-electron chi connectivity index (χ3n) is 1.76. The SMILES string of the molecule is C=CC[NH+]([O-])c1cc([N+](=O)[O-])cc(C)n1. The van der Waals surface area contributed by atoms with Gasteiger partial charge in [0.25, 0.3) is 5.69 Å². The molecule has 0 aliphatic heterocycles. The first-order chi connectivity index (χ1) is 7.04. The average Bonchev–Trinajstić information content (AvgIpc) is 2.17. The minimum atomic E-state index is -0.542. The van der Waals surface area contributed by atoms with Gasteiger partial charge in [0, 0.05) is 6.07 Å². The average molecular weight is 209 g/mol. The molecule has 0 spiro atoms. The van der Waals surface area contributed by atoms with E-state index in [4.69, 9.17) is 0 Å². The Balaban J connectivity index is 3.08. The van der Waals surface area contributed by atoms with Gasteiger partial charge in [-0.05, 0) is 13.0 Å². The van der Waals surface area contributed by atoms with Crippen LogP contribution >= 0.6 is 0 Å². The Morgan fingerprint density at radius 1 is 1.67 bits per heavy atom. The van der Waals surface area contributed by atoms with Gasteiger partial charge in [-0.2, -0.15) is 0 Å². The van der Waals surface area contributed by atoms with Crippen molar-refractivity contribution in [3.8, 4) is 0 Å². The number of hydrogen-bond acceptors (Lipinski definition) is 4. The number of aromatic nitrogens is 1. The first-order valence-corrected chi connectivity index (χ1v) is 4.31. The normalized spacial score (nSPS) is 12.1. The van der Waals surface area contributed by atoms with Gasteiger partial charge in [0.05, 0.1) is 16.7 Å². The van der Waals surface area contributed by atoms with Crippen LogP contribution in [-0.2, 0) is 0 Å². The van der Waals surface area contributed by atoms with E-state index in [0.29, 0.717) is 5.69 Å². The molecule has 0 radical (unpaired) electrons. The molecule has 0 aromatic carbocycles. The third-order valence-corrected chi connectivity index (χ3v) is 1.76. The number of hydrogen-bond donors (Lipinski definition) is 1. The Labute approximate surface area is 86.6 Å². The summed E-state index contributed by atoms with van der Waals surface area (Å²) in [4.78, 5) is 13.9. The van der Waals surface area contributed by atoms with Gasteiger partial charge in [-0.15, -0.1) is 0 Å². The lowest BCUT2D eigenvalue weighted by molar-refractivity contribution is -0.771. The van der Waals surface area contributed by atoms with Crippen LogP contribution in [0.3, 0.4) is 0 Å². The van der Waals surface area contributed by atoms with E-state index < -0.39 is 4.92 Å². The van der Waals surface area contributed by atoms with E-state index in [0.717, 1.165) is 0 Å². The van der Waals surface area contributed by atoms with E-state index in [1.807, 2.05) is 0 Å². The van der Waals surface area contributed by atoms with Crippen LogP contribution in [-0.4, -0.2) is 16.5 Å². The van der Waals surface area contributed by atoms with E-state index in [1.54, 1.807) is 6.92 Å². The van der Waals surface area contributed by atoms with Crippen molar-refractivity contribution in [2.24, 2.45) is 0 Å². The van der Waals surface area contributed by atoms with E-state index in [2.05, 4.69) is 11.6 Å². The lowest BCUT2D eigenvalue weighted by Gasteiger charge is -2.18. The molecule has 0 saturated heterocycles. The lowest BCUT2D eigenvalue weighted by atomic mass is 10.3. The number of rotatable bonds is 4. The van der Waals surface area contributed by atoms with Gasteiger partial charge in [-0.1, -0.05) is 6.58 Å². The summed E-state index contributed by atoms with van der Waals surface area (Å²) in [6.45, 7) is 5.17. The fourth-order valence-corrected chi connectivity index (χ4v) is 1.13. The number of hydroxylamine groups is 1. The summed E-state index contributed by atoms with van der Waals surface area (Å²) in [5.74, 6) is 0.113. The van der Waals surface area contributed by atoms with Gasteiger partial charge in [-0.25, -0.2) is 4.98 Å². The largest absolute Gasteiger partial charge is 0.627 e. The molecule has 80 valence electrons. The maximum absolute atomic E-state index is 11.4. The first kappa shape index (κ1) is 11.3. The number of aryl methyl sites for hydroxylation is 1. The Morgan fingerprint density at radius 2 is 2.33 bits per heavy atom. The van der Waals surface area contributed by atoms with E-state index in [9.17, 15) is 15.3 Å². The molecule has 0 bridgehead atoms. The van der Waals surface area contributed by atoms with Crippen LogP contribution in [0.4, 0.5) is 11.5 Å². The van der Waals surface area contributed by atoms with Gasteiger partial charge >= 0.3 is 0 Å². The van der Waals surface area contributed by atoms with Crippen LogP contribution in [0.2, 0.25) is 0 Å². The molecule has 1 unspecified atom stereocenters. The monoisotopic (exact) mass is 209 g/mol. The number of quaternary nitrogens is 1. The molecule has 1 aromatic rings. The second-order valence-corrected chi connectivity index (χ2v) is 3.03. The maximum Gasteiger partial charge on any atom is 0.278 e. The van der Waals surface area contributed by atoms with Crippen molar-refractivity contribution in [2.45, 2.75) is 6.92 Å². The third kappa shape index (κ3) is 2.83. The highest BCUT2D eigenvalue weighted by molar-refractivity contribution is 5.38. The van der Waals surface area contributed by atoms with Gasteiger partial charge in [-0.3, -0.25) is 10.1 Å². The van der Waals surface area contributed by atoms with Crippen molar-refractivity contribution in [3.63, 3.8) is 0 Å². The molecule has 1 rings (SSSR count). The topological polar surface area (TPSA) is 83.5 Å². The number of nitro groups is 1. The summed E-state index contributed by atoms with van der Waals surface area (Å²) < 4.78 is 0. The molecule has 1 heterocycles.